The van der Waals surface area contributed by atoms with Crippen LogP contribution < -0.4 is 5.43 Å². The fraction of sp³-hybridized carbons (Fsp3) is 0.583. The van der Waals surface area contributed by atoms with Gasteiger partial charge < -0.3 is 9.30 Å². The minimum Gasteiger partial charge on any atom is -0.374 e. The van der Waals surface area contributed by atoms with Crippen LogP contribution in [0.4, 0.5) is 0 Å². The van der Waals surface area contributed by atoms with Gasteiger partial charge in [-0.2, -0.15) is 0 Å². The molecule has 1 saturated heterocycles. The predicted molar refractivity (Wildman–Crippen MR) is 62.6 cm³/mol. The van der Waals surface area contributed by atoms with Crippen molar-refractivity contribution in [2.24, 2.45) is 0 Å². The third kappa shape index (κ3) is 2.93. The Morgan fingerprint density at radius 3 is 2.88 bits per heavy atom. The first kappa shape index (κ1) is 11.4. The van der Waals surface area contributed by atoms with Gasteiger partial charge in [0.15, 0.2) is 5.43 Å². The van der Waals surface area contributed by atoms with Crippen LogP contribution in [0.3, 0.4) is 0 Å². The molecule has 1 atom stereocenters. The van der Waals surface area contributed by atoms with Crippen molar-refractivity contribution in [2.45, 2.75) is 19.6 Å². The van der Waals surface area contributed by atoms with Gasteiger partial charge >= 0.3 is 0 Å². The Labute approximate surface area is 95.4 Å². The van der Waals surface area contributed by atoms with Gasteiger partial charge in [-0.1, -0.05) is 6.92 Å². The monoisotopic (exact) mass is 222 g/mol. The highest BCUT2D eigenvalue weighted by atomic mass is 16.5. The van der Waals surface area contributed by atoms with Crippen molar-refractivity contribution in [2.75, 3.05) is 26.2 Å². The van der Waals surface area contributed by atoms with E-state index in [-0.39, 0.29) is 11.5 Å². The number of rotatable bonds is 3. The molecule has 1 aromatic rings. The second-order valence-corrected chi connectivity index (χ2v) is 4.12. The molecule has 0 aliphatic carbocycles. The number of aromatic nitrogens is 1. The number of morpholine rings is 1. The molecule has 4 heteroatoms. The number of hydrogen-bond donors (Lipinski definition) is 0. The summed E-state index contributed by atoms with van der Waals surface area (Å²) in [4.78, 5) is 13.3. The van der Waals surface area contributed by atoms with Crippen LogP contribution in [0.15, 0.2) is 29.3 Å². The molecule has 2 heterocycles. The number of ether oxygens (including phenoxy) is 1. The lowest BCUT2D eigenvalue weighted by molar-refractivity contribution is -0.0343. The van der Waals surface area contributed by atoms with Gasteiger partial charge in [0.2, 0.25) is 0 Å². The summed E-state index contributed by atoms with van der Waals surface area (Å²) in [5, 5.41) is 0. The zero-order chi connectivity index (χ0) is 11.4. The summed E-state index contributed by atoms with van der Waals surface area (Å²) < 4.78 is 7.71. The van der Waals surface area contributed by atoms with E-state index in [0.717, 1.165) is 32.8 Å². The highest BCUT2D eigenvalue weighted by Gasteiger charge is 2.18. The fourth-order valence-electron chi connectivity index (χ4n) is 1.98. The summed E-state index contributed by atoms with van der Waals surface area (Å²) in [5.41, 5.74) is 0.0518. The Hall–Kier alpha value is -1.13. The molecule has 1 unspecified atom stereocenters. The Bertz CT molecular complexity index is 368. The molecule has 1 aromatic heterocycles. The zero-order valence-electron chi connectivity index (χ0n) is 9.63. The summed E-state index contributed by atoms with van der Waals surface area (Å²) >= 11 is 0. The third-order valence-corrected chi connectivity index (χ3v) is 2.95. The van der Waals surface area contributed by atoms with Crippen LogP contribution in [0.2, 0.25) is 0 Å². The van der Waals surface area contributed by atoms with Crippen molar-refractivity contribution in [1.29, 1.82) is 0 Å². The fourth-order valence-corrected chi connectivity index (χ4v) is 1.98. The van der Waals surface area contributed by atoms with Gasteiger partial charge in [0, 0.05) is 44.2 Å². The summed E-state index contributed by atoms with van der Waals surface area (Å²) in [7, 11) is 0. The molecule has 0 aromatic carbocycles. The van der Waals surface area contributed by atoms with E-state index in [4.69, 9.17) is 4.74 Å². The minimum absolute atomic E-state index is 0.0518. The van der Waals surface area contributed by atoms with Crippen molar-refractivity contribution < 1.29 is 4.74 Å². The van der Waals surface area contributed by atoms with Gasteiger partial charge in [0.1, 0.15) is 0 Å². The maximum Gasteiger partial charge on any atom is 0.181 e. The van der Waals surface area contributed by atoms with Crippen molar-refractivity contribution in [1.82, 2.24) is 9.47 Å². The molecular formula is C12H18N2O2. The molecule has 0 amide bonds. The molecule has 16 heavy (non-hydrogen) atoms. The van der Waals surface area contributed by atoms with Crippen LogP contribution in [0.1, 0.15) is 6.92 Å². The largest absolute Gasteiger partial charge is 0.374 e. The topological polar surface area (TPSA) is 34.5 Å². The highest BCUT2D eigenvalue weighted by molar-refractivity contribution is 4.94. The Morgan fingerprint density at radius 2 is 2.19 bits per heavy atom. The summed E-state index contributed by atoms with van der Waals surface area (Å²) in [5.74, 6) is 0. The minimum atomic E-state index is 0.0518. The van der Waals surface area contributed by atoms with Crippen molar-refractivity contribution in [3.05, 3.63) is 34.7 Å². The molecule has 0 radical (unpaired) electrons. The Morgan fingerprint density at radius 1 is 1.44 bits per heavy atom. The van der Waals surface area contributed by atoms with E-state index in [1.807, 2.05) is 17.0 Å². The van der Waals surface area contributed by atoms with E-state index < -0.39 is 0 Å². The zero-order valence-corrected chi connectivity index (χ0v) is 9.63. The summed E-state index contributed by atoms with van der Waals surface area (Å²) in [6, 6.07) is 3.17. The first-order chi connectivity index (χ1) is 7.78. The van der Waals surface area contributed by atoms with Crippen LogP contribution in [-0.2, 0) is 11.3 Å². The van der Waals surface area contributed by atoms with Crippen molar-refractivity contribution in [3.63, 3.8) is 0 Å². The quantitative estimate of drug-likeness (QED) is 0.750. The average molecular weight is 222 g/mol. The Kier molecular flexibility index (Phi) is 3.74. The standard InChI is InChI=1S/C12H18N2O2/c1-2-13-7-8-16-12(9-13)10-14-5-3-11(15)4-6-14/h3-6,12H,2,7-10H2,1H3. The second-order valence-electron chi connectivity index (χ2n) is 4.12. The molecule has 4 nitrogen and oxygen atoms in total. The smallest absolute Gasteiger partial charge is 0.181 e. The Balaban J connectivity index is 1.93. The van der Waals surface area contributed by atoms with E-state index in [1.54, 1.807) is 12.1 Å². The first-order valence-electron chi connectivity index (χ1n) is 5.78. The van der Waals surface area contributed by atoms with Crippen LogP contribution >= 0.6 is 0 Å². The van der Waals surface area contributed by atoms with Gasteiger partial charge in [-0.25, -0.2) is 0 Å². The number of nitrogens with zero attached hydrogens (tertiary/aromatic N) is 2. The summed E-state index contributed by atoms with van der Waals surface area (Å²) in [6.07, 6.45) is 3.86. The molecule has 2 rings (SSSR count). The summed E-state index contributed by atoms with van der Waals surface area (Å²) in [6.45, 7) is 6.86. The van der Waals surface area contributed by atoms with Gasteiger partial charge in [0.05, 0.1) is 12.7 Å². The van der Waals surface area contributed by atoms with Crippen LogP contribution in [-0.4, -0.2) is 41.8 Å². The van der Waals surface area contributed by atoms with Gasteiger partial charge in [0.25, 0.3) is 0 Å². The first-order valence-corrected chi connectivity index (χ1v) is 5.78. The van der Waals surface area contributed by atoms with Gasteiger partial charge in [-0.15, -0.1) is 0 Å². The lowest BCUT2D eigenvalue weighted by atomic mass is 10.2. The lowest BCUT2D eigenvalue weighted by Crippen LogP contribution is -2.43. The van der Waals surface area contributed by atoms with Crippen molar-refractivity contribution in [3.8, 4) is 0 Å². The molecule has 0 N–H and O–H groups in total. The van der Waals surface area contributed by atoms with Gasteiger partial charge in [-0.3, -0.25) is 9.69 Å². The molecule has 0 spiro atoms. The number of likely N-dealkylation sites (N-methyl/N-ethyl adjacent to an activating group) is 1. The molecule has 1 aliphatic rings. The van der Waals surface area contributed by atoms with E-state index in [1.165, 1.54) is 0 Å². The highest BCUT2D eigenvalue weighted by Crippen LogP contribution is 2.06. The normalized spacial score (nSPS) is 22.2. The SMILES string of the molecule is CCN1CCOC(Cn2ccc(=O)cc2)C1. The molecule has 0 saturated carbocycles. The van der Waals surface area contributed by atoms with Crippen molar-refractivity contribution >= 4 is 0 Å². The average Bonchev–Trinajstić information content (AvgIpc) is 2.32. The molecule has 1 fully saturated rings. The van der Waals surface area contributed by atoms with Crippen LogP contribution in [0, 0.1) is 0 Å². The van der Waals surface area contributed by atoms with E-state index in [9.17, 15) is 4.79 Å². The van der Waals surface area contributed by atoms with Crippen LogP contribution in [0.5, 0.6) is 0 Å². The molecule has 88 valence electrons. The molecule has 0 bridgehead atoms. The van der Waals surface area contributed by atoms with Gasteiger partial charge in [-0.05, 0) is 6.54 Å². The van der Waals surface area contributed by atoms with Crippen LogP contribution in [0.25, 0.3) is 0 Å². The number of hydrogen-bond acceptors (Lipinski definition) is 3. The second kappa shape index (κ2) is 5.27. The van der Waals surface area contributed by atoms with E-state index in [0.29, 0.717) is 0 Å². The lowest BCUT2D eigenvalue weighted by Gasteiger charge is -2.32. The maximum absolute atomic E-state index is 11.0. The molecular weight excluding hydrogens is 204 g/mol. The third-order valence-electron chi connectivity index (χ3n) is 2.95. The molecule has 1 aliphatic heterocycles. The van der Waals surface area contributed by atoms with E-state index >= 15 is 0 Å². The van der Waals surface area contributed by atoms with E-state index in [2.05, 4.69) is 11.8 Å². The number of pyridine rings is 1. The maximum atomic E-state index is 11.0. The predicted octanol–water partition coefficient (Wildman–Crippen LogP) is 0.569.